The lowest BCUT2D eigenvalue weighted by atomic mass is 10.2. The van der Waals surface area contributed by atoms with E-state index in [0.29, 0.717) is 12.3 Å². The van der Waals surface area contributed by atoms with Crippen molar-refractivity contribution in [2.75, 3.05) is 51.0 Å². The smallest absolute Gasteiger partial charge is 0.242 e. The van der Waals surface area contributed by atoms with Crippen molar-refractivity contribution in [3.8, 4) is 0 Å². The van der Waals surface area contributed by atoms with Gasteiger partial charge in [-0.05, 0) is 24.6 Å². The standard InChI is InChI=1S/C13H21N3O3S/c1-15(2)20(17,18)11-4-5-13(12(14)10-11)16-6-3-8-19-9-7-16/h4-5,10H,3,6-9,14H2,1-2H3. The second-order valence-corrected chi connectivity index (χ2v) is 7.11. The fourth-order valence-electron chi connectivity index (χ4n) is 2.18. The molecule has 1 aromatic carbocycles. The number of nitrogens with two attached hydrogens (primary N) is 1. The number of anilines is 2. The first-order chi connectivity index (χ1) is 9.43. The summed E-state index contributed by atoms with van der Waals surface area (Å²) in [6.07, 6.45) is 0.942. The molecule has 0 unspecified atom stereocenters. The predicted octanol–water partition coefficient (Wildman–Crippen LogP) is 0.746. The number of hydrogen-bond donors (Lipinski definition) is 1. The Kier molecular flexibility index (Phi) is 4.52. The van der Waals surface area contributed by atoms with Crippen LogP contribution in [0.4, 0.5) is 11.4 Å². The zero-order valence-corrected chi connectivity index (χ0v) is 12.7. The molecule has 0 spiro atoms. The monoisotopic (exact) mass is 299 g/mol. The molecule has 2 rings (SSSR count). The first-order valence-corrected chi connectivity index (χ1v) is 8.01. The minimum absolute atomic E-state index is 0.217. The molecule has 112 valence electrons. The number of ether oxygens (including phenoxy) is 1. The Hall–Kier alpha value is -1.31. The molecular formula is C13H21N3O3S. The van der Waals surface area contributed by atoms with Crippen molar-refractivity contribution in [3.63, 3.8) is 0 Å². The Labute approximate surface area is 120 Å². The molecule has 1 saturated heterocycles. The summed E-state index contributed by atoms with van der Waals surface area (Å²) in [7, 11) is -0.433. The van der Waals surface area contributed by atoms with Gasteiger partial charge >= 0.3 is 0 Å². The maximum absolute atomic E-state index is 12.1. The number of sulfonamides is 1. The minimum Gasteiger partial charge on any atom is -0.397 e. The highest BCUT2D eigenvalue weighted by Crippen LogP contribution is 2.27. The third-order valence-electron chi connectivity index (χ3n) is 3.34. The van der Waals surface area contributed by atoms with Crippen LogP contribution in [0.3, 0.4) is 0 Å². The van der Waals surface area contributed by atoms with Gasteiger partial charge in [-0.3, -0.25) is 0 Å². The molecule has 0 bridgehead atoms. The predicted molar refractivity (Wildman–Crippen MR) is 79.4 cm³/mol. The van der Waals surface area contributed by atoms with E-state index in [1.54, 1.807) is 12.1 Å². The van der Waals surface area contributed by atoms with Crippen LogP contribution in [0.15, 0.2) is 23.1 Å². The zero-order valence-electron chi connectivity index (χ0n) is 11.9. The average Bonchev–Trinajstić information content (AvgIpc) is 2.67. The lowest BCUT2D eigenvalue weighted by Gasteiger charge is -2.24. The summed E-state index contributed by atoms with van der Waals surface area (Å²) in [6, 6.07) is 4.90. The van der Waals surface area contributed by atoms with Gasteiger partial charge in [0.05, 0.1) is 22.9 Å². The van der Waals surface area contributed by atoms with E-state index in [2.05, 4.69) is 4.90 Å². The van der Waals surface area contributed by atoms with Crippen LogP contribution in [0.2, 0.25) is 0 Å². The van der Waals surface area contributed by atoms with Crippen LogP contribution in [0.1, 0.15) is 6.42 Å². The maximum atomic E-state index is 12.1. The van der Waals surface area contributed by atoms with E-state index in [0.717, 1.165) is 31.8 Å². The highest BCUT2D eigenvalue weighted by atomic mass is 32.2. The first-order valence-electron chi connectivity index (χ1n) is 6.57. The molecule has 6 nitrogen and oxygen atoms in total. The highest BCUT2D eigenvalue weighted by Gasteiger charge is 2.20. The van der Waals surface area contributed by atoms with Crippen LogP contribution >= 0.6 is 0 Å². The van der Waals surface area contributed by atoms with Crippen molar-refractivity contribution in [3.05, 3.63) is 18.2 Å². The quantitative estimate of drug-likeness (QED) is 0.833. The molecule has 1 aliphatic heterocycles. The Balaban J connectivity index is 2.30. The molecule has 0 radical (unpaired) electrons. The molecular weight excluding hydrogens is 278 g/mol. The van der Waals surface area contributed by atoms with Crippen molar-refractivity contribution in [2.24, 2.45) is 0 Å². The first kappa shape index (κ1) is 15.1. The van der Waals surface area contributed by atoms with Gasteiger partial charge in [0.15, 0.2) is 0 Å². The van der Waals surface area contributed by atoms with Crippen molar-refractivity contribution in [1.29, 1.82) is 0 Å². The topological polar surface area (TPSA) is 75.9 Å². The Morgan fingerprint density at radius 3 is 2.65 bits per heavy atom. The summed E-state index contributed by atoms with van der Waals surface area (Å²) >= 11 is 0. The molecule has 1 heterocycles. The molecule has 0 aliphatic carbocycles. The molecule has 0 saturated carbocycles. The zero-order chi connectivity index (χ0) is 14.8. The van der Waals surface area contributed by atoms with Gasteiger partial charge in [0.1, 0.15) is 0 Å². The second kappa shape index (κ2) is 5.99. The third-order valence-corrected chi connectivity index (χ3v) is 5.15. The number of hydrogen-bond acceptors (Lipinski definition) is 5. The van der Waals surface area contributed by atoms with Gasteiger partial charge in [-0.1, -0.05) is 0 Å². The van der Waals surface area contributed by atoms with Gasteiger partial charge < -0.3 is 15.4 Å². The van der Waals surface area contributed by atoms with Crippen LogP contribution in [0.25, 0.3) is 0 Å². The van der Waals surface area contributed by atoms with Crippen molar-refractivity contribution in [1.82, 2.24) is 4.31 Å². The number of nitrogen functional groups attached to an aromatic ring is 1. The Bertz CT molecular complexity index is 564. The Morgan fingerprint density at radius 2 is 2.00 bits per heavy atom. The molecule has 7 heteroatoms. The van der Waals surface area contributed by atoms with E-state index in [9.17, 15) is 8.42 Å². The summed E-state index contributed by atoms with van der Waals surface area (Å²) in [5.41, 5.74) is 7.38. The molecule has 0 amide bonds. The number of benzene rings is 1. The van der Waals surface area contributed by atoms with Gasteiger partial charge in [-0.2, -0.15) is 0 Å². The van der Waals surface area contributed by atoms with Crippen LogP contribution in [-0.2, 0) is 14.8 Å². The van der Waals surface area contributed by atoms with Gasteiger partial charge in [-0.15, -0.1) is 0 Å². The summed E-state index contributed by atoms with van der Waals surface area (Å²) in [6.45, 7) is 3.05. The van der Waals surface area contributed by atoms with E-state index < -0.39 is 10.0 Å². The molecule has 2 N–H and O–H groups in total. The fraction of sp³-hybridized carbons (Fsp3) is 0.538. The van der Waals surface area contributed by atoms with Crippen LogP contribution in [-0.4, -0.2) is 53.1 Å². The van der Waals surface area contributed by atoms with Crippen LogP contribution in [0, 0.1) is 0 Å². The van der Waals surface area contributed by atoms with Gasteiger partial charge in [0.2, 0.25) is 10.0 Å². The van der Waals surface area contributed by atoms with Gasteiger partial charge in [-0.25, -0.2) is 12.7 Å². The molecule has 1 aromatic rings. The summed E-state index contributed by atoms with van der Waals surface area (Å²) in [4.78, 5) is 2.35. The Morgan fingerprint density at radius 1 is 1.25 bits per heavy atom. The third kappa shape index (κ3) is 3.05. The van der Waals surface area contributed by atoms with Crippen molar-refractivity contribution < 1.29 is 13.2 Å². The molecule has 0 aromatic heterocycles. The van der Waals surface area contributed by atoms with E-state index in [4.69, 9.17) is 10.5 Å². The number of nitrogens with zero attached hydrogens (tertiary/aromatic N) is 2. The lowest BCUT2D eigenvalue weighted by molar-refractivity contribution is 0.152. The molecule has 1 aliphatic rings. The normalized spacial score (nSPS) is 17.2. The average molecular weight is 299 g/mol. The minimum atomic E-state index is -3.44. The molecule has 0 atom stereocenters. The highest BCUT2D eigenvalue weighted by molar-refractivity contribution is 7.89. The summed E-state index contributed by atoms with van der Waals surface area (Å²) < 4.78 is 30.7. The SMILES string of the molecule is CN(C)S(=O)(=O)c1ccc(N2CCCOCC2)c(N)c1. The van der Waals surface area contributed by atoms with Gasteiger partial charge in [0, 0.05) is 33.8 Å². The fourth-order valence-corrected chi connectivity index (χ4v) is 3.12. The largest absolute Gasteiger partial charge is 0.397 e. The second-order valence-electron chi connectivity index (χ2n) is 4.96. The maximum Gasteiger partial charge on any atom is 0.242 e. The van der Waals surface area contributed by atoms with Crippen molar-refractivity contribution in [2.45, 2.75) is 11.3 Å². The lowest BCUT2D eigenvalue weighted by Crippen LogP contribution is -2.27. The van der Waals surface area contributed by atoms with Crippen LogP contribution in [0.5, 0.6) is 0 Å². The van der Waals surface area contributed by atoms with E-state index in [1.165, 1.54) is 24.5 Å². The summed E-state index contributed by atoms with van der Waals surface area (Å²) in [5, 5.41) is 0. The van der Waals surface area contributed by atoms with Crippen LogP contribution < -0.4 is 10.6 Å². The number of rotatable bonds is 3. The van der Waals surface area contributed by atoms with E-state index in [1.807, 2.05) is 0 Å². The van der Waals surface area contributed by atoms with E-state index in [-0.39, 0.29) is 4.90 Å². The van der Waals surface area contributed by atoms with Crippen molar-refractivity contribution >= 4 is 21.4 Å². The van der Waals surface area contributed by atoms with E-state index >= 15 is 0 Å². The molecule has 1 fully saturated rings. The summed E-state index contributed by atoms with van der Waals surface area (Å²) in [5.74, 6) is 0. The van der Waals surface area contributed by atoms with Gasteiger partial charge in [0.25, 0.3) is 0 Å². The molecule has 20 heavy (non-hydrogen) atoms.